The van der Waals surface area contributed by atoms with E-state index in [0.717, 1.165) is 5.56 Å². The van der Waals surface area contributed by atoms with Crippen molar-refractivity contribution in [3.63, 3.8) is 0 Å². The molecule has 0 aromatic heterocycles. The highest BCUT2D eigenvalue weighted by molar-refractivity contribution is 5.94. The molecule has 4 heteroatoms. The van der Waals surface area contributed by atoms with Gasteiger partial charge in [0, 0.05) is 13.6 Å². The number of nitrogens with zero attached hydrogens (tertiary/aromatic N) is 1. The fourth-order valence-electron chi connectivity index (χ4n) is 1.62. The molecule has 3 nitrogen and oxygen atoms in total. The third kappa shape index (κ3) is 3.53. The summed E-state index contributed by atoms with van der Waals surface area (Å²) in [6.45, 7) is 4.78. The van der Waals surface area contributed by atoms with Crippen LogP contribution in [0.5, 0.6) is 0 Å². The van der Waals surface area contributed by atoms with Crippen LogP contribution < -0.4 is 5.73 Å². The second kappa shape index (κ2) is 5.77. The first-order valence-electron chi connectivity index (χ1n) is 5.67. The quantitative estimate of drug-likeness (QED) is 0.869. The van der Waals surface area contributed by atoms with E-state index in [1.165, 1.54) is 17.0 Å². The first kappa shape index (κ1) is 13.6. The predicted molar refractivity (Wildman–Crippen MR) is 66.3 cm³/mol. The number of hydrogen-bond donors (Lipinski definition) is 1. The van der Waals surface area contributed by atoms with Crippen LogP contribution in [0.2, 0.25) is 0 Å². The average Bonchev–Trinajstić information content (AvgIpc) is 2.28. The van der Waals surface area contributed by atoms with E-state index < -0.39 is 5.82 Å². The summed E-state index contributed by atoms with van der Waals surface area (Å²) >= 11 is 0. The maximum absolute atomic E-state index is 13.6. The number of nitrogens with two attached hydrogens (primary N) is 1. The Balaban J connectivity index is 2.81. The molecular formula is C13H19FN2O. The molecule has 94 valence electrons. The lowest BCUT2D eigenvalue weighted by atomic mass is 10.1. The third-order valence-corrected chi connectivity index (χ3v) is 2.69. The van der Waals surface area contributed by atoms with Crippen molar-refractivity contribution in [1.82, 2.24) is 4.90 Å². The van der Waals surface area contributed by atoms with Crippen molar-refractivity contribution in [2.75, 3.05) is 20.1 Å². The van der Waals surface area contributed by atoms with Crippen LogP contribution in [0, 0.1) is 18.7 Å². The summed E-state index contributed by atoms with van der Waals surface area (Å²) in [6.07, 6.45) is 0. The minimum absolute atomic E-state index is 0.113. The smallest absolute Gasteiger partial charge is 0.256 e. The van der Waals surface area contributed by atoms with Gasteiger partial charge in [-0.1, -0.05) is 13.0 Å². The molecule has 0 fully saturated rings. The van der Waals surface area contributed by atoms with E-state index in [2.05, 4.69) is 0 Å². The molecule has 17 heavy (non-hydrogen) atoms. The van der Waals surface area contributed by atoms with Crippen LogP contribution in [-0.4, -0.2) is 30.9 Å². The summed E-state index contributed by atoms with van der Waals surface area (Å²) in [7, 11) is 1.66. The van der Waals surface area contributed by atoms with Gasteiger partial charge in [-0.05, 0) is 37.1 Å². The van der Waals surface area contributed by atoms with Crippen molar-refractivity contribution < 1.29 is 9.18 Å². The lowest BCUT2D eigenvalue weighted by Crippen LogP contribution is -2.33. The number of carbonyl (C=O) groups is 1. The fourth-order valence-corrected chi connectivity index (χ4v) is 1.62. The highest BCUT2D eigenvalue weighted by atomic mass is 19.1. The van der Waals surface area contributed by atoms with Crippen LogP contribution in [0.25, 0.3) is 0 Å². The van der Waals surface area contributed by atoms with Gasteiger partial charge in [0.25, 0.3) is 5.91 Å². The summed E-state index contributed by atoms with van der Waals surface area (Å²) in [5.74, 6) is -0.567. The number of rotatable bonds is 4. The molecule has 0 spiro atoms. The predicted octanol–water partition coefficient (Wildman–Crippen LogP) is 1.80. The van der Waals surface area contributed by atoms with Gasteiger partial charge in [-0.2, -0.15) is 0 Å². The highest BCUT2D eigenvalue weighted by Gasteiger charge is 2.17. The zero-order chi connectivity index (χ0) is 13.0. The van der Waals surface area contributed by atoms with Crippen LogP contribution >= 0.6 is 0 Å². The Kier molecular flexibility index (Phi) is 4.63. The van der Waals surface area contributed by atoms with Gasteiger partial charge in [-0.15, -0.1) is 0 Å². The number of hydrogen-bond acceptors (Lipinski definition) is 2. The van der Waals surface area contributed by atoms with E-state index >= 15 is 0 Å². The van der Waals surface area contributed by atoms with Crippen LogP contribution in [0.3, 0.4) is 0 Å². The summed E-state index contributed by atoms with van der Waals surface area (Å²) < 4.78 is 13.6. The Morgan fingerprint density at radius 1 is 1.53 bits per heavy atom. The van der Waals surface area contributed by atoms with Crippen molar-refractivity contribution >= 4 is 5.91 Å². The molecule has 1 atom stereocenters. The van der Waals surface area contributed by atoms with Gasteiger partial charge in [0.1, 0.15) is 5.82 Å². The van der Waals surface area contributed by atoms with Crippen LogP contribution in [0.15, 0.2) is 18.2 Å². The van der Waals surface area contributed by atoms with Crippen LogP contribution in [-0.2, 0) is 0 Å². The molecule has 0 aliphatic rings. The maximum Gasteiger partial charge on any atom is 0.256 e. The Bertz CT molecular complexity index is 406. The topological polar surface area (TPSA) is 46.3 Å². The summed E-state index contributed by atoms with van der Waals surface area (Å²) in [4.78, 5) is 13.5. The average molecular weight is 238 g/mol. The van der Waals surface area contributed by atoms with E-state index in [1.54, 1.807) is 20.0 Å². The van der Waals surface area contributed by atoms with E-state index in [0.29, 0.717) is 13.1 Å². The molecule has 2 N–H and O–H groups in total. The molecule has 1 unspecified atom stereocenters. The zero-order valence-corrected chi connectivity index (χ0v) is 10.5. The molecule has 0 heterocycles. The second-order valence-electron chi connectivity index (χ2n) is 4.51. The largest absolute Gasteiger partial charge is 0.341 e. The Labute approximate surface area is 101 Å². The molecule has 0 bridgehead atoms. The summed E-state index contributed by atoms with van der Waals surface area (Å²) in [6, 6.07) is 4.63. The molecule has 0 aliphatic heterocycles. The number of carbonyl (C=O) groups excluding carboxylic acids is 1. The van der Waals surface area contributed by atoms with Crippen molar-refractivity contribution in [2.45, 2.75) is 13.8 Å². The summed E-state index contributed by atoms with van der Waals surface area (Å²) in [5.41, 5.74) is 6.41. The number of halogens is 1. The molecule has 1 aromatic carbocycles. The first-order valence-corrected chi connectivity index (χ1v) is 5.67. The fraction of sp³-hybridized carbons (Fsp3) is 0.462. The lowest BCUT2D eigenvalue weighted by molar-refractivity contribution is 0.0773. The standard InChI is InChI=1S/C13H19FN2O/c1-9-4-5-11(12(14)6-9)13(17)16(3)8-10(2)7-15/h4-6,10H,7-8,15H2,1-3H3. The second-order valence-corrected chi connectivity index (χ2v) is 4.51. The number of aryl methyl sites for hydroxylation is 1. The third-order valence-electron chi connectivity index (χ3n) is 2.69. The Morgan fingerprint density at radius 3 is 2.71 bits per heavy atom. The van der Waals surface area contributed by atoms with Crippen molar-refractivity contribution in [3.8, 4) is 0 Å². The number of amides is 1. The lowest BCUT2D eigenvalue weighted by Gasteiger charge is -2.21. The minimum atomic E-state index is -0.470. The van der Waals surface area contributed by atoms with Crippen LogP contribution in [0.4, 0.5) is 4.39 Å². The van der Waals surface area contributed by atoms with Gasteiger partial charge in [-0.25, -0.2) is 4.39 Å². The normalized spacial score (nSPS) is 12.3. The van der Waals surface area contributed by atoms with Gasteiger partial charge < -0.3 is 10.6 Å². The van der Waals surface area contributed by atoms with Crippen LogP contribution in [0.1, 0.15) is 22.8 Å². The van der Waals surface area contributed by atoms with Crippen molar-refractivity contribution in [3.05, 3.63) is 35.1 Å². The minimum Gasteiger partial charge on any atom is -0.341 e. The van der Waals surface area contributed by atoms with Gasteiger partial charge in [0.15, 0.2) is 0 Å². The van der Waals surface area contributed by atoms with Crippen molar-refractivity contribution in [1.29, 1.82) is 0 Å². The van der Waals surface area contributed by atoms with Gasteiger partial charge in [0.05, 0.1) is 5.56 Å². The molecule has 1 aromatic rings. The van der Waals surface area contributed by atoms with E-state index in [-0.39, 0.29) is 17.4 Å². The molecule has 0 saturated carbocycles. The molecule has 1 amide bonds. The SMILES string of the molecule is Cc1ccc(C(=O)N(C)CC(C)CN)c(F)c1. The van der Waals surface area contributed by atoms with Gasteiger partial charge in [0.2, 0.25) is 0 Å². The first-order chi connectivity index (χ1) is 7.95. The van der Waals surface area contributed by atoms with Gasteiger partial charge in [-0.3, -0.25) is 4.79 Å². The molecule has 0 saturated heterocycles. The molecule has 0 radical (unpaired) electrons. The zero-order valence-electron chi connectivity index (χ0n) is 10.5. The van der Waals surface area contributed by atoms with E-state index in [1.807, 2.05) is 6.92 Å². The Morgan fingerprint density at radius 2 is 2.18 bits per heavy atom. The Hall–Kier alpha value is -1.42. The molecule has 0 aliphatic carbocycles. The van der Waals surface area contributed by atoms with E-state index in [4.69, 9.17) is 5.73 Å². The maximum atomic E-state index is 13.6. The highest BCUT2D eigenvalue weighted by Crippen LogP contribution is 2.12. The van der Waals surface area contributed by atoms with Gasteiger partial charge >= 0.3 is 0 Å². The monoisotopic (exact) mass is 238 g/mol. The van der Waals surface area contributed by atoms with Crippen molar-refractivity contribution in [2.24, 2.45) is 11.7 Å². The molecular weight excluding hydrogens is 219 g/mol. The summed E-state index contributed by atoms with van der Waals surface area (Å²) in [5, 5.41) is 0. The van der Waals surface area contributed by atoms with E-state index in [9.17, 15) is 9.18 Å². The molecule has 1 rings (SSSR count). The number of benzene rings is 1.